The van der Waals surface area contributed by atoms with E-state index in [9.17, 15) is 4.79 Å². The molecule has 160 valence electrons. The predicted molar refractivity (Wildman–Crippen MR) is 128 cm³/mol. The highest BCUT2D eigenvalue weighted by molar-refractivity contribution is 5.91. The minimum atomic E-state index is -0.0438. The number of aryl methyl sites for hydroxylation is 1. The Balaban J connectivity index is 1.26. The lowest BCUT2D eigenvalue weighted by molar-refractivity contribution is 0.204. The van der Waals surface area contributed by atoms with Crippen molar-refractivity contribution in [1.82, 2.24) is 14.5 Å². The summed E-state index contributed by atoms with van der Waals surface area (Å²) < 4.78 is 2.25. The highest BCUT2D eigenvalue weighted by atomic mass is 16.2. The van der Waals surface area contributed by atoms with E-state index in [0.717, 1.165) is 54.9 Å². The van der Waals surface area contributed by atoms with E-state index >= 15 is 0 Å². The number of hydrogen-bond donors (Lipinski definition) is 1. The summed E-state index contributed by atoms with van der Waals surface area (Å²) in [4.78, 5) is 20.2. The van der Waals surface area contributed by atoms with E-state index in [1.54, 1.807) is 0 Å². The number of urea groups is 1. The third-order valence-corrected chi connectivity index (χ3v) is 6.86. The molecule has 0 bridgehead atoms. The van der Waals surface area contributed by atoms with E-state index in [0.29, 0.717) is 0 Å². The topological polar surface area (TPSA) is 50.2 Å². The largest absolute Gasteiger partial charge is 0.327 e. The summed E-state index contributed by atoms with van der Waals surface area (Å²) in [6.07, 6.45) is 2.85. The fourth-order valence-electron chi connectivity index (χ4n) is 5.38. The molecule has 1 aliphatic heterocycles. The van der Waals surface area contributed by atoms with Gasteiger partial charge in [0.1, 0.15) is 5.82 Å². The Morgan fingerprint density at radius 3 is 2.75 bits per heavy atom. The summed E-state index contributed by atoms with van der Waals surface area (Å²) in [5.41, 5.74) is 8.19. The van der Waals surface area contributed by atoms with Crippen LogP contribution in [0.3, 0.4) is 0 Å². The molecule has 32 heavy (non-hydrogen) atoms. The molecule has 0 spiro atoms. The number of anilines is 1. The number of rotatable bonds is 3. The number of fused-ring (bicyclic) bond motifs is 4. The van der Waals surface area contributed by atoms with Gasteiger partial charge in [0.05, 0.1) is 17.1 Å². The minimum Gasteiger partial charge on any atom is -0.327 e. The number of para-hydroxylation sites is 2. The van der Waals surface area contributed by atoms with Crippen LogP contribution in [-0.2, 0) is 13.0 Å². The van der Waals surface area contributed by atoms with E-state index in [1.165, 1.54) is 22.3 Å². The van der Waals surface area contributed by atoms with Crippen molar-refractivity contribution in [2.75, 3.05) is 11.9 Å². The molecule has 6 rings (SSSR count). The smallest absolute Gasteiger partial charge is 0.322 e. The molecule has 2 amide bonds. The molecule has 4 aromatic rings. The zero-order valence-electron chi connectivity index (χ0n) is 18.2. The lowest BCUT2D eigenvalue weighted by atomic mass is 10.1. The van der Waals surface area contributed by atoms with Crippen molar-refractivity contribution in [3.63, 3.8) is 0 Å². The molecule has 1 atom stereocenters. The van der Waals surface area contributed by atoms with Crippen LogP contribution >= 0.6 is 0 Å². The van der Waals surface area contributed by atoms with Crippen LogP contribution < -0.4 is 5.32 Å². The molecule has 0 saturated carbocycles. The van der Waals surface area contributed by atoms with Crippen LogP contribution in [-0.4, -0.2) is 27.0 Å². The molecule has 5 heteroatoms. The Morgan fingerprint density at radius 1 is 1.03 bits per heavy atom. The number of carbonyl (C=O) groups is 1. The van der Waals surface area contributed by atoms with Crippen LogP contribution in [0.15, 0.2) is 66.7 Å². The number of aromatic nitrogens is 2. The van der Waals surface area contributed by atoms with E-state index in [4.69, 9.17) is 4.98 Å². The van der Waals surface area contributed by atoms with E-state index in [-0.39, 0.29) is 12.1 Å². The number of amides is 2. The average molecular weight is 423 g/mol. The van der Waals surface area contributed by atoms with Crippen molar-refractivity contribution < 1.29 is 4.79 Å². The lowest BCUT2D eigenvalue weighted by Crippen LogP contribution is -2.35. The highest BCUT2D eigenvalue weighted by Gasteiger charge is 2.33. The summed E-state index contributed by atoms with van der Waals surface area (Å²) in [6, 6.07) is 23.0. The maximum absolute atomic E-state index is 13.3. The predicted octanol–water partition coefficient (Wildman–Crippen LogP) is 6.00. The maximum Gasteiger partial charge on any atom is 0.322 e. The van der Waals surface area contributed by atoms with Gasteiger partial charge < -0.3 is 14.8 Å². The molecule has 1 unspecified atom stereocenters. The summed E-state index contributed by atoms with van der Waals surface area (Å²) in [5.74, 6) is 0.991. The Hall–Kier alpha value is -3.60. The third-order valence-electron chi connectivity index (χ3n) is 6.86. The second kappa shape index (κ2) is 7.52. The molecule has 1 saturated heterocycles. The minimum absolute atomic E-state index is 0.000956. The Bertz CT molecular complexity index is 1340. The van der Waals surface area contributed by atoms with Gasteiger partial charge in [0.2, 0.25) is 0 Å². The van der Waals surface area contributed by atoms with Gasteiger partial charge in [0, 0.05) is 18.8 Å². The summed E-state index contributed by atoms with van der Waals surface area (Å²) >= 11 is 0. The molecule has 1 aliphatic carbocycles. The van der Waals surface area contributed by atoms with Crippen LogP contribution in [0.5, 0.6) is 0 Å². The van der Waals surface area contributed by atoms with Gasteiger partial charge in [0.15, 0.2) is 0 Å². The van der Waals surface area contributed by atoms with Crippen LogP contribution in [0, 0.1) is 0 Å². The highest BCUT2D eigenvalue weighted by Crippen LogP contribution is 2.38. The van der Waals surface area contributed by atoms with Gasteiger partial charge in [-0.15, -0.1) is 0 Å². The number of likely N-dealkylation sites (tertiary alicyclic amines) is 1. The number of nitrogens with one attached hydrogen (secondary N) is 1. The maximum atomic E-state index is 13.3. The van der Waals surface area contributed by atoms with Gasteiger partial charge >= 0.3 is 6.03 Å². The molecule has 1 N–H and O–H groups in total. The lowest BCUT2D eigenvalue weighted by Gasteiger charge is -2.25. The number of carbonyl (C=O) groups excluding carboxylic acids is 1. The molecule has 0 radical (unpaired) electrons. The van der Waals surface area contributed by atoms with Crippen LogP contribution in [0.25, 0.3) is 22.2 Å². The summed E-state index contributed by atoms with van der Waals surface area (Å²) in [6.45, 7) is 3.73. The van der Waals surface area contributed by atoms with Gasteiger partial charge in [-0.1, -0.05) is 42.5 Å². The van der Waals surface area contributed by atoms with Crippen LogP contribution in [0.2, 0.25) is 0 Å². The van der Waals surface area contributed by atoms with Gasteiger partial charge in [-0.25, -0.2) is 9.78 Å². The zero-order chi connectivity index (χ0) is 21.7. The van der Waals surface area contributed by atoms with Crippen LogP contribution in [0.1, 0.15) is 42.8 Å². The van der Waals surface area contributed by atoms with E-state index < -0.39 is 0 Å². The van der Waals surface area contributed by atoms with Crippen LogP contribution in [0.4, 0.5) is 10.5 Å². The summed E-state index contributed by atoms with van der Waals surface area (Å²) in [7, 11) is 0. The van der Waals surface area contributed by atoms with Gasteiger partial charge in [-0.2, -0.15) is 0 Å². The number of benzene rings is 3. The molecular weight excluding hydrogens is 396 g/mol. The second-order valence-electron chi connectivity index (χ2n) is 8.69. The number of imidazole rings is 1. The first-order valence-electron chi connectivity index (χ1n) is 11.5. The van der Waals surface area contributed by atoms with E-state index in [2.05, 4.69) is 59.3 Å². The monoisotopic (exact) mass is 422 g/mol. The Kier molecular flexibility index (Phi) is 4.49. The number of hydrogen-bond acceptors (Lipinski definition) is 2. The van der Waals surface area contributed by atoms with Gasteiger partial charge in [-0.05, 0) is 72.7 Å². The van der Waals surface area contributed by atoms with Crippen molar-refractivity contribution in [3.8, 4) is 11.1 Å². The Morgan fingerprint density at radius 2 is 1.84 bits per heavy atom. The second-order valence-corrected chi connectivity index (χ2v) is 8.69. The van der Waals surface area contributed by atoms with Gasteiger partial charge in [0.25, 0.3) is 0 Å². The van der Waals surface area contributed by atoms with E-state index in [1.807, 2.05) is 29.2 Å². The molecule has 2 heterocycles. The van der Waals surface area contributed by atoms with Crippen molar-refractivity contribution in [3.05, 3.63) is 83.7 Å². The molecule has 1 fully saturated rings. The first-order chi connectivity index (χ1) is 15.7. The summed E-state index contributed by atoms with van der Waals surface area (Å²) in [5, 5.41) is 3.16. The SMILES string of the molecule is CCn1c(C2CCCN2C(=O)Nc2ccc3c(c2)Cc2ccccc2-3)nc2ccccc21. The molecule has 1 aromatic heterocycles. The average Bonchev–Trinajstić information content (AvgIpc) is 3.52. The quantitative estimate of drug-likeness (QED) is 0.388. The fourth-order valence-corrected chi connectivity index (χ4v) is 5.38. The first kappa shape index (κ1) is 19.1. The van der Waals surface area contributed by atoms with Crippen molar-refractivity contribution in [2.24, 2.45) is 0 Å². The molecule has 5 nitrogen and oxygen atoms in total. The molecule has 2 aliphatic rings. The number of nitrogens with zero attached hydrogens (tertiary/aromatic N) is 3. The Labute approximate surface area is 187 Å². The molecule has 3 aromatic carbocycles. The first-order valence-corrected chi connectivity index (χ1v) is 11.5. The zero-order valence-corrected chi connectivity index (χ0v) is 18.2. The van der Waals surface area contributed by atoms with Crippen molar-refractivity contribution in [2.45, 2.75) is 38.8 Å². The van der Waals surface area contributed by atoms with Crippen molar-refractivity contribution >= 4 is 22.8 Å². The standard InChI is InChI=1S/C27H26N4O/c1-2-30-24-11-6-5-10-23(24)29-26(30)25-12-7-15-31(25)27(32)28-20-13-14-22-19(17-20)16-18-8-3-4-9-21(18)22/h3-6,8-11,13-14,17,25H,2,7,12,15-16H2,1H3,(H,28,32). The third kappa shape index (κ3) is 3.00. The van der Waals surface area contributed by atoms with Gasteiger partial charge in [-0.3, -0.25) is 0 Å². The normalized spacial score (nSPS) is 16.9. The molecular formula is C27H26N4O. The van der Waals surface area contributed by atoms with Crippen molar-refractivity contribution in [1.29, 1.82) is 0 Å². The fraction of sp³-hybridized carbons (Fsp3) is 0.259.